The second-order valence-electron chi connectivity index (χ2n) is 6.75. The number of aromatic nitrogens is 1. The summed E-state index contributed by atoms with van der Waals surface area (Å²) in [6.45, 7) is 6.09. The Bertz CT molecular complexity index is 996. The van der Waals surface area contributed by atoms with Gasteiger partial charge in [0.25, 0.3) is 0 Å². The van der Waals surface area contributed by atoms with E-state index >= 15 is 0 Å². The number of methoxy groups -OCH3 is 1. The minimum absolute atomic E-state index is 0.215. The standard InChI is InChI=1S/C21H21N3O/c1-13-8-19(25-3)20(18-6-7-23-21(13)18)14(2)24-11-16-5-4-15(10-22)9-17(16)12-24/h4-9,14,23H,11-12H2,1-3H3. The highest BCUT2D eigenvalue weighted by atomic mass is 16.5. The molecule has 126 valence electrons. The SMILES string of the molecule is COc1cc(C)c2[nH]ccc2c1C(C)N1Cc2ccc(C#N)cc2C1. The van der Waals surface area contributed by atoms with E-state index in [1.165, 1.54) is 33.2 Å². The number of aromatic amines is 1. The number of aryl methyl sites for hydroxylation is 1. The molecule has 0 radical (unpaired) electrons. The number of nitrogens with one attached hydrogen (secondary N) is 1. The molecule has 2 heterocycles. The number of hydrogen-bond donors (Lipinski definition) is 1. The number of benzene rings is 2. The minimum Gasteiger partial charge on any atom is -0.496 e. The monoisotopic (exact) mass is 331 g/mol. The van der Waals surface area contributed by atoms with Crippen molar-refractivity contribution >= 4 is 10.9 Å². The molecule has 1 aliphatic heterocycles. The zero-order valence-electron chi connectivity index (χ0n) is 14.8. The predicted molar refractivity (Wildman–Crippen MR) is 98.4 cm³/mol. The van der Waals surface area contributed by atoms with Crippen LogP contribution in [0.4, 0.5) is 0 Å². The Balaban J connectivity index is 1.74. The highest BCUT2D eigenvalue weighted by Crippen LogP contribution is 2.40. The Kier molecular flexibility index (Phi) is 3.74. The van der Waals surface area contributed by atoms with Crippen molar-refractivity contribution in [2.24, 2.45) is 0 Å². The topological polar surface area (TPSA) is 52.0 Å². The Labute approximate surface area is 147 Å². The van der Waals surface area contributed by atoms with Crippen LogP contribution < -0.4 is 4.74 Å². The molecule has 0 amide bonds. The fourth-order valence-corrected chi connectivity index (χ4v) is 3.95. The Morgan fingerprint density at radius 1 is 1.20 bits per heavy atom. The van der Waals surface area contributed by atoms with Crippen molar-refractivity contribution in [3.8, 4) is 11.8 Å². The van der Waals surface area contributed by atoms with Gasteiger partial charge in [-0.15, -0.1) is 0 Å². The van der Waals surface area contributed by atoms with Crippen LogP contribution in [0.5, 0.6) is 5.75 Å². The lowest BCUT2D eigenvalue weighted by atomic mass is 9.98. The first-order valence-corrected chi connectivity index (χ1v) is 8.53. The molecule has 1 atom stereocenters. The third-order valence-electron chi connectivity index (χ3n) is 5.31. The molecule has 0 saturated carbocycles. The second-order valence-corrected chi connectivity index (χ2v) is 6.75. The van der Waals surface area contributed by atoms with Gasteiger partial charge in [0.2, 0.25) is 0 Å². The van der Waals surface area contributed by atoms with Crippen LogP contribution in [0.1, 0.15) is 40.8 Å². The average Bonchev–Trinajstić information content (AvgIpc) is 3.27. The van der Waals surface area contributed by atoms with Gasteiger partial charge < -0.3 is 9.72 Å². The van der Waals surface area contributed by atoms with Gasteiger partial charge in [-0.05, 0) is 54.8 Å². The first-order valence-electron chi connectivity index (χ1n) is 8.53. The summed E-state index contributed by atoms with van der Waals surface area (Å²) in [5.74, 6) is 0.936. The van der Waals surface area contributed by atoms with Gasteiger partial charge in [-0.3, -0.25) is 4.90 Å². The molecule has 1 unspecified atom stereocenters. The maximum Gasteiger partial charge on any atom is 0.124 e. The summed E-state index contributed by atoms with van der Waals surface area (Å²) in [7, 11) is 1.74. The lowest BCUT2D eigenvalue weighted by Crippen LogP contribution is -2.21. The molecule has 25 heavy (non-hydrogen) atoms. The van der Waals surface area contributed by atoms with Crippen molar-refractivity contribution in [2.75, 3.05) is 7.11 Å². The van der Waals surface area contributed by atoms with E-state index in [9.17, 15) is 0 Å². The number of nitrogens with zero attached hydrogens (tertiary/aromatic N) is 2. The molecule has 1 N–H and O–H groups in total. The average molecular weight is 331 g/mol. The third kappa shape index (κ3) is 2.48. The van der Waals surface area contributed by atoms with E-state index in [-0.39, 0.29) is 6.04 Å². The largest absolute Gasteiger partial charge is 0.496 e. The number of H-pyrrole nitrogens is 1. The fraction of sp³-hybridized carbons (Fsp3) is 0.286. The number of rotatable bonds is 3. The van der Waals surface area contributed by atoms with E-state index in [0.717, 1.165) is 24.4 Å². The maximum atomic E-state index is 9.13. The van der Waals surface area contributed by atoms with Crippen molar-refractivity contribution in [3.05, 3.63) is 64.3 Å². The molecule has 1 aromatic heterocycles. The Hall–Kier alpha value is -2.77. The summed E-state index contributed by atoms with van der Waals surface area (Å²) in [5, 5.41) is 10.3. The van der Waals surface area contributed by atoms with Crippen LogP contribution in [0.15, 0.2) is 36.5 Å². The van der Waals surface area contributed by atoms with Gasteiger partial charge in [-0.1, -0.05) is 6.07 Å². The summed E-state index contributed by atoms with van der Waals surface area (Å²) in [4.78, 5) is 5.78. The van der Waals surface area contributed by atoms with E-state index in [1.54, 1.807) is 7.11 Å². The van der Waals surface area contributed by atoms with Crippen LogP contribution in [0.3, 0.4) is 0 Å². The van der Waals surface area contributed by atoms with Gasteiger partial charge in [0.15, 0.2) is 0 Å². The Morgan fingerprint density at radius 2 is 2.00 bits per heavy atom. The fourth-order valence-electron chi connectivity index (χ4n) is 3.95. The van der Waals surface area contributed by atoms with Crippen LogP contribution in [0, 0.1) is 18.3 Å². The molecular formula is C21H21N3O. The van der Waals surface area contributed by atoms with E-state index in [1.807, 2.05) is 18.3 Å². The van der Waals surface area contributed by atoms with Gasteiger partial charge in [-0.25, -0.2) is 0 Å². The third-order valence-corrected chi connectivity index (χ3v) is 5.31. The number of nitriles is 1. The van der Waals surface area contributed by atoms with Gasteiger partial charge in [0, 0.05) is 41.8 Å². The van der Waals surface area contributed by atoms with Crippen molar-refractivity contribution in [1.29, 1.82) is 5.26 Å². The van der Waals surface area contributed by atoms with Gasteiger partial charge in [-0.2, -0.15) is 5.26 Å². The smallest absolute Gasteiger partial charge is 0.124 e. The zero-order valence-corrected chi connectivity index (χ0v) is 14.8. The van der Waals surface area contributed by atoms with Crippen molar-refractivity contribution in [3.63, 3.8) is 0 Å². The normalized spacial score (nSPS) is 15.1. The van der Waals surface area contributed by atoms with Crippen LogP contribution in [-0.4, -0.2) is 17.0 Å². The molecule has 4 nitrogen and oxygen atoms in total. The number of hydrogen-bond acceptors (Lipinski definition) is 3. The van der Waals surface area contributed by atoms with E-state index in [2.05, 4.69) is 48.0 Å². The van der Waals surface area contributed by atoms with Gasteiger partial charge >= 0.3 is 0 Å². The van der Waals surface area contributed by atoms with Crippen LogP contribution in [0.25, 0.3) is 10.9 Å². The quantitative estimate of drug-likeness (QED) is 0.772. The van der Waals surface area contributed by atoms with Crippen LogP contribution in [-0.2, 0) is 13.1 Å². The molecule has 4 heteroatoms. The summed E-state index contributed by atoms with van der Waals surface area (Å²) in [6.07, 6.45) is 1.99. The lowest BCUT2D eigenvalue weighted by molar-refractivity contribution is 0.212. The molecule has 2 aromatic carbocycles. The van der Waals surface area contributed by atoms with Gasteiger partial charge in [0.05, 0.1) is 18.7 Å². The van der Waals surface area contributed by atoms with Crippen molar-refractivity contribution in [1.82, 2.24) is 9.88 Å². The highest BCUT2D eigenvalue weighted by molar-refractivity contribution is 5.88. The molecule has 0 bridgehead atoms. The maximum absolute atomic E-state index is 9.13. The first kappa shape index (κ1) is 15.7. The van der Waals surface area contributed by atoms with E-state index < -0.39 is 0 Å². The van der Waals surface area contributed by atoms with Gasteiger partial charge in [0.1, 0.15) is 5.75 Å². The summed E-state index contributed by atoms with van der Waals surface area (Å²) < 4.78 is 5.71. The van der Waals surface area contributed by atoms with Crippen molar-refractivity contribution in [2.45, 2.75) is 33.0 Å². The molecule has 0 saturated heterocycles. The lowest BCUT2D eigenvalue weighted by Gasteiger charge is -2.27. The molecule has 3 aromatic rings. The molecule has 0 aliphatic carbocycles. The number of ether oxygens (including phenoxy) is 1. The molecular weight excluding hydrogens is 310 g/mol. The molecule has 1 aliphatic rings. The molecule has 4 rings (SSSR count). The van der Waals surface area contributed by atoms with Crippen LogP contribution >= 0.6 is 0 Å². The van der Waals surface area contributed by atoms with E-state index in [4.69, 9.17) is 10.00 Å². The second kappa shape index (κ2) is 5.94. The van der Waals surface area contributed by atoms with E-state index in [0.29, 0.717) is 0 Å². The molecule has 0 fully saturated rings. The highest BCUT2D eigenvalue weighted by Gasteiger charge is 2.28. The summed E-state index contributed by atoms with van der Waals surface area (Å²) >= 11 is 0. The van der Waals surface area contributed by atoms with Crippen molar-refractivity contribution < 1.29 is 4.74 Å². The Morgan fingerprint density at radius 3 is 2.76 bits per heavy atom. The first-order chi connectivity index (χ1) is 12.1. The number of fused-ring (bicyclic) bond motifs is 2. The van der Waals surface area contributed by atoms with Crippen LogP contribution in [0.2, 0.25) is 0 Å². The zero-order chi connectivity index (χ0) is 17.6. The summed E-state index contributed by atoms with van der Waals surface area (Å²) in [6, 6.07) is 12.7. The molecule has 0 spiro atoms. The minimum atomic E-state index is 0.215. The predicted octanol–water partition coefficient (Wildman–Crippen LogP) is 4.43. The summed E-state index contributed by atoms with van der Waals surface area (Å²) in [5.41, 5.74) is 6.87.